The summed E-state index contributed by atoms with van der Waals surface area (Å²) < 4.78 is 31.2. The van der Waals surface area contributed by atoms with E-state index < -0.39 is 11.6 Å². The molecule has 1 heterocycles. The van der Waals surface area contributed by atoms with Crippen LogP contribution in [0.5, 0.6) is 0 Å². The third-order valence-electron chi connectivity index (χ3n) is 3.75. The number of aromatic nitrogens is 2. The number of benzene rings is 1. The van der Waals surface area contributed by atoms with E-state index in [-0.39, 0.29) is 11.4 Å². The van der Waals surface area contributed by atoms with Crippen molar-refractivity contribution in [3.05, 3.63) is 35.7 Å². The maximum Gasteiger partial charge on any atom is 0.228 e. The Morgan fingerprint density at radius 3 is 2.65 bits per heavy atom. The summed E-state index contributed by atoms with van der Waals surface area (Å²) in [5.41, 5.74) is 6.35. The number of hydrogen-bond donors (Lipinski definition) is 1. The van der Waals surface area contributed by atoms with Gasteiger partial charge in [-0.3, -0.25) is 0 Å². The number of rotatable bonds is 3. The lowest BCUT2D eigenvalue weighted by Gasteiger charge is -2.20. The molecule has 1 fully saturated rings. The average Bonchev–Trinajstić information content (AvgIpc) is 3.03. The molecular formula is C14H15F2N3O. The largest absolute Gasteiger partial charge is 0.339 e. The molecule has 106 valence electrons. The van der Waals surface area contributed by atoms with Gasteiger partial charge in [0.1, 0.15) is 0 Å². The Kier molecular flexibility index (Phi) is 3.25. The van der Waals surface area contributed by atoms with E-state index in [1.54, 1.807) is 0 Å². The SMILES string of the molecule is NC1(Cc2nc(-c3ccc(F)c(F)c3)no2)CCCC1. The van der Waals surface area contributed by atoms with Gasteiger partial charge in [0.2, 0.25) is 11.7 Å². The highest BCUT2D eigenvalue weighted by atomic mass is 19.2. The van der Waals surface area contributed by atoms with Crippen molar-refractivity contribution in [2.45, 2.75) is 37.6 Å². The Morgan fingerprint density at radius 1 is 1.20 bits per heavy atom. The van der Waals surface area contributed by atoms with Gasteiger partial charge in [0.05, 0.1) is 0 Å². The molecule has 3 rings (SSSR count). The van der Waals surface area contributed by atoms with Gasteiger partial charge < -0.3 is 10.3 Å². The van der Waals surface area contributed by atoms with Gasteiger partial charge >= 0.3 is 0 Å². The monoisotopic (exact) mass is 279 g/mol. The molecule has 6 heteroatoms. The molecule has 4 nitrogen and oxygen atoms in total. The van der Waals surface area contributed by atoms with E-state index in [0.29, 0.717) is 17.9 Å². The summed E-state index contributed by atoms with van der Waals surface area (Å²) in [6.07, 6.45) is 4.62. The van der Waals surface area contributed by atoms with Crippen molar-refractivity contribution in [2.24, 2.45) is 5.73 Å². The van der Waals surface area contributed by atoms with Gasteiger partial charge in [0.25, 0.3) is 0 Å². The lowest BCUT2D eigenvalue weighted by atomic mass is 9.95. The predicted octanol–water partition coefficient (Wildman–Crippen LogP) is 2.83. The van der Waals surface area contributed by atoms with Gasteiger partial charge in [-0.05, 0) is 31.0 Å². The minimum atomic E-state index is -0.931. The lowest BCUT2D eigenvalue weighted by molar-refractivity contribution is 0.329. The topological polar surface area (TPSA) is 64.9 Å². The van der Waals surface area contributed by atoms with Crippen molar-refractivity contribution in [3.8, 4) is 11.4 Å². The van der Waals surface area contributed by atoms with Crippen LogP contribution in [0.2, 0.25) is 0 Å². The summed E-state index contributed by atoms with van der Waals surface area (Å²) in [7, 11) is 0. The fourth-order valence-electron chi connectivity index (χ4n) is 2.64. The van der Waals surface area contributed by atoms with Gasteiger partial charge in [-0.1, -0.05) is 18.0 Å². The Morgan fingerprint density at radius 2 is 1.95 bits per heavy atom. The zero-order valence-electron chi connectivity index (χ0n) is 10.9. The highest BCUT2D eigenvalue weighted by molar-refractivity contribution is 5.54. The second-order valence-electron chi connectivity index (χ2n) is 5.39. The Bertz CT molecular complexity index is 621. The molecule has 0 saturated heterocycles. The molecule has 2 aromatic rings. The summed E-state index contributed by atoms with van der Waals surface area (Å²) in [6.45, 7) is 0. The van der Waals surface area contributed by atoms with Crippen LogP contribution in [0, 0.1) is 11.6 Å². The lowest BCUT2D eigenvalue weighted by Crippen LogP contribution is -2.38. The van der Waals surface area contributed by atoms with Crippen molar-refractivity contribution >= 4 is 0 Å². The number of halogens is 2. The van der Waals surface area contributed by atoms with Crippen molar-refractivity contribution in [1.82, 2.24) is 10.1 Å². The molecule has 1 aliphatic rings. The molecule has 0 atom stereocenters. The zero-order chi connectivity index (χ0) is 14.2. The van der Waals surface area contributed by atoms with E-state index in [0.717, 1.165) is 37.8 Å². The minimum Gasteiger partial charge on any atom is -0.339 e. The first-order valence-corrected chi connectivity index (χ1v) is 6.63. The first kappa shape index (κ1) is 13.2. The van der Waals surface area contributed by atoms with Crippen LogP contribution in [0.1, 0.15) is 31.6 Å². The summed E-state index contributed by atoms with van der Waals surface area (Å²) in [5, 5.41) is 3.80. The van der Waals surface area contributed by atoms with Crippen LogP contribution in [0.3, 0.4) is 0 Å². The van der Waals surface area contributed by atoms with E-state index in [2.05, 4.69) is 10.1 Å². The first-order valence-electron chi connectivity index (χ1n) is 6.63. The predicted molar refractivity (Wildman–Crippen MR) is 68.7 cm³/mol. The summed E-state index contributed by atoms with van der Waals surface area (Å²) in [5.74, 6) is -1.14. The van der Waals surface area contributed by atoms with Crippen molar-refractivity contribution in [3.63, 3.8) is 0 Å². The maximum absolute atomic E-state index is 13.2. The van der Waals surface area contributed by atoms with Crippen molar-refractivity contribution in [1.29, 1.82) is 0 Å². The Balaban J connectivity index is 1.81. The van der Waals surface area contributed by atoms with Crippen molar-refractivity contribution < 1.29 is 13.3 Å². The molecule has 0 aliphatic heterocycles. The normalized spacial score (nSPS) is 17.6. The molecule has 1 saturated carbocycles. The van der Waals surface area contributed by atoms with E-state index in [4.69, 9.17) is 10.3 Å². The van der Waals surface area contributed by atoms with E-state index >= 15 is 0 Å². The van der Waals surface area contributed by atoms with Crippen LogP contribution < -0.4 is 5.73 Å². The standard InChI is InChI=1S/C14H15F2N3O/c15-10-4-3-9(7-11(10)16)13-18-12(20-19-13)8-14(17)5-1-2-6-14/h3-4,7H,1-2,5-6,8,17H2. The molecule has 0 spiro atoms. The highest BCUT2D eigenvalue weighted by Gasteiger charge is 2.31. The number of nitrogens with zero attached hydrogens (tertiary/aromatic N) is 2. The first-order chi connectivity index (χ1) is 9.56. The molecule has 0 radical (unpaired) electrons. The molecule has 1 aromatic carbocycles. The molecule has 1 aliphatic carbocycles. The van der Waals surface area contributed by atoms with Gasteiger partial charge in [-0.15, -0.1) is 0 Å². The molecule has 0 unspecified atom stereocenters. The summed E-state index contributed by atoms with van der Waals surface area (Å²) >= 11 is 0. The van der Waals surface area contributed by atoms with Crippen LogP contribution in [-0.4, -0.2) is 15.7 Å². The third kappa shape index (κ3) is 2.56. The van der Waals surface area contributed by atoms with E-state index in [9.17, 15) is 8.78 Å². The molecule has 0 bridgehead atoms. The van der Waals surface area contributed by atoms with Crippen molar-refractivity contribution in [2.75, 3.05) is 0 Å². The fourth-order valence-corrected chi connectivity index (χ4v) is 2.64. The zero-order valence-corrected chi connectivity index (χ0v) is 10.9. The van der Waals surface area contributed by atoms with Gasteiger partial charge in [0, 0.05) is 17.5 Å². The molecular weight excluding hydrogens is 264 g/mol. The number of nitrogens with two attached hydrogens (primary N) is 1. The maximum atomic E-state index is 13.2. The van der Waals surface area contributed by atoms with Crippen LogP contribution >= 0.6 is 0 Å². The minimum absolute atomic E-state index is 0.250. The van der Waals surface area contributed by atoms with E-state index in [1.165, 1.54) is 6.07 Å². The average molecular weight is 279 g/mol. The third-order valence-corrected chi connectivity index (χ3v) is 3.75. The molecule has 1 aromatic heterocycles. The summed E-state index contributed by atoms with van der Waals surface area (Å²) in [6, 6.07) is 3.51. The molecule has 0 amide bonds. The molecule has 2 N–H and O–H groups in total. The van der Waals surface area contributed by atoms with Crippen LogP contribution in [-0.2, 0) is 6.42 Å². The van der Waals surface area contributed by atoms with Crippen LogP contribution in [0.4, 0.5) is 8.78 Å². The fraction of sp³-hybridized carbons (Fsp3) is 0.429. The molecule has 20 heavy (non-hydrogen) atoms. The van der Waals surface area contributed by atoms with Crippen LogP contribution in [0.25, 0.3) is 11.4 Å². The van der Waals surface area contributed by atoms with Gasteiger partial charge in [-0.25, -0.2) is 8.78 Å². The smallest absolute Gasteiger partial charge is 0.228 e. The van der Waals surface area contributed by atoms with Gasteiger partial charge in [0.15, 0.2) is 11.6 Å². The Labute approximate surface area is 115 Å². The highest BCUT2D eigenvalue weighted by Crippen LogP contribution is 2.30. The Hall–Kier alpha value is -1.82. The van der Waals surface area contributed by atoms with E-state index in [1.807, 2.05) is 0 Å². The second kappa shape index (κ2) is 4.94. The van der Waals surface area contributed by atoms with Gasteiger partial charge in [-0.2, -0.15) is 4.98 Å². The van der Waals surface area contributed by atoms with Crippen LogP contribution in [0.15, 0.2) is 22.7 Å². The summed E-state index contributed by atoms with van der Waals surface area (Å²) in [4.78, 5) is 4.21. The quantitative estimate of drug-likeness (QED) is 0.938. The number of hydrogen-bond acceptors (Lipinski definition) is 4. The second-order valence-corrected chi connectivity index (χ2v) is 5.39.